The number of nitrogens with one attached hydrogen (secondary N) is 3. The van der Waals surface area contributed by atoms with Gasteiger partial charge in [-0.3, -0.25) is 9.59 Å². The predicted molar refractivity (Wildman–Crippen MR) is 120 cm³/mol. The summed E-state index contributed by atoms with van der Waals surface area (Å²) < 4.78 is 0. The number of aryl methyl sites for hydroxylation is 1. The highest BCUT2D eigenvalue weighted by atomic mass is 16.2. The van der Waals surface area contributed by atoms with Crippen LogP contribution in [0.15, 0.2) is 90.8 Å². The minimum Gasteiger partial charge on any atom is -0.361 e. The quantitative estimate of drug-likeness (QED) is 0.421. The Labute approximate surface area is 174 Å². The maximum Gasteiger partial charge on any atom is 0.272 e. The molecule has 0 aliphatic carbocycles. The average Bonchev–Trinajstić information content (AvgIpc) is 3.23. The number of carbonyl (C=O) groups excluding carboxylic acids is 2. The Morgan fingerprint density at radius 3 is 2.43 bits per heavy atom. The van der Waals surface area contributed by atoms with E-state index in [0.29, 0.717) is 11.3 Å². The van der Waals surface area contributed by atoms with Gasteiger partial charge in [-0.1, -0.05) is 54.1 Å². The second-order valence-corrected chi connectivity index (χ2v) is 7.02. The van der Waals surface area contributed by atoms with E-state index in [2.05, 4.69) is 15.6 Å². The Morgan fingerprint density at radius 2 is 1.67 bits per heavy atom. The smallest absolute Gasteiger partial charge is 0.272 e. The van der Waals surface area contributed by atoms with E-state index >= 15 is 0 Å². The van der Waals surface area contributed by atoms with Crippen LogP contribution in [0.25, 0.3) is 17.0 Å². The van der Waals surface area contributed by atoms with Crippen LogP contribution >= 0.6 is 0 Å². The standard InChI is InChI=1S/C25H21N3O2/c1-17-7-9-18(10-8-17)15-23(28-24(29)20-5-3-2-4-6-20)25(30)27-21-12-11-19-13-14-26-22(19)16-21/h2-16,26H,1H3,(H,27,30)(H,28,29)/b23-15+. The van der Waals surface area contributed by atoms with Gasteiger partial charge in [-0.2, -0.15) is 0 Å². The van der Waals surface area contributed by atoms with Crippen LogP contribution < -0.4 is 10.6 Å². The Balaban J connectivity index is 1.61. The first-order valence-electron chi connectivity index (χ1n) is 9.62. The zero-order valence-corrected chi connectivity index (χ0v) is 16.5. The van der Waals surface area contributed by atoms with Crippen molar-refractivity contribution in [2.45, 2.75) is 6.92 Å². The van der Waals surface area contributed by atoms with Crippen LogP contribution in [-0.2, 0) is 4.79 Å². The number of H-pyrrole nitrogens is 1. The third-order valence-electron chi connectivity index (χ3n) is 4.73. The molecule has 0 radical (unpaired) electrons. The summed E-state index contributed by atoms with van der Waals surface area (Å²) in [5, 5.41) is 6.68. The number of benzene rings is 3. The molecule has 5 heteroatoms. The van der Waals surface area contributed by atoms with E-state index in [9.17, 15) is 9.59 Å². The summed E-state index contributed by atoms with van der Waals surface area (Å²) in [6.07, 6.45) is 3.52. The summed E-state index contributed by atoms with van der Waals surface area (Å²) in [6.45, 7) is 2.00. The first-order chi connectivity index (χ1) is 14.6. The van der Waals surface area contributed by atoms with Gasteiger partial charge in [0.25, 0.3) is 11.8 Å². The van der Waals surface area contributed by atoms with E-state index in [1.165, 1.54) is 0 Å². The summed E-state index contributed by atoms with van der Waals surface area (Å²) in [5.74, 6) is -0.741. The highest BCUT2D eigenvalue weighted by Gasteiger charge is 2.15. The maximum atomic E-state index is 13.0. The van der Waals surface area contributed by atoms with E-state index in [4.69, 9.17) is 0 Å². The number of carbonyl (C=O) groups is 2. The van der Waals surface area contributed by atoms with Crippen molar-refractivity contribution >= 4 is 34.5 Å². The monoisotopic (exact) mass is 395 g/mol. The first-order valence-corrected chi connectivity index (χ1v) is 9.62. The number of aromatic nitrogens is 1. The predicted octanol–water partition coefficient (Wildman–Crippen LogP) is 4.89. The molecule has 0 unspecified atom stereocenters. The van der Waals surface area contributed by atoms with E-state index in [0.717, 1.165) is 22.0 Å². The number of hydrogen-bond donors (Lipinski definition) is 3. The minimum absolute atomic E-state index is 0.166. The van der Waals surface area contributed by atoms with Crippen LogP contribution in [0.2, 0.25) is 0 Å². The highest BCUT2D eigenvalue weighted by molar-refractivity contribution is 6.11. The van der Waals surface area contributed by atoms with Crippen molar-refractivity contribution in [3.63, 3.8) is 0 Å². The topological polar surface area (TPSA) is 74.0 Å². The molecule has 2 amide bonds. The van der Waals surface area contributed by atoms with E-state index in [1.54, 1.807) is 30.3 Å². The van der Waals surface area contributed by atoms with Crippen LogP contribution in [0, 0.1) is 6.92 Å². The molecule has 0 saturated heterocycles. The number of amides is 2. The van der Waals surface area contributed by atoms with Gasteiger partial charge < -0.3 is 15.6 Å². The molecule has 0 fully saturated rings. The zero-order valence-electron chi connectivity index (χ0n) is 16.5. The summed E-state index contributed by atoms with van der Waals surface area (Å²) in [6, 6.07) is 24.1. The molecule has 3 aromatic carbocycles. The number of hydrogen-bond acceptors (Lipinski definition) is 2. The fraction of sp³-hybridized carbons (Fsp3) is 0.0400. The lowest BCUT2D eigenvalue weighted by molar-refractivity contribution is -0.113. The van der Waals surface area contributed by atoms with Gasteiger partial charge in [0, 0.05) is 23.0 Å². The molecule has 148 valence electrons. The van der Waals surface area contributed by atoms with Gasteiger partial charge in [-0.15, -0.1) is 0 Å². The molecule has 1 aromatic heterocycles. The molecule has 4 rings (SSSR count). The lowest BCUT2D eigenvalue weighted by Crippen LogP contribution is -2.30. The molecule has 0 aliphatic heterocycles. The van der Waals surface area contributed by atoms with Gasteiger partial charge in [0.05, 0.1) is 0 Å². The molecule has 30 heavy (non-hydrogen) atoms. The summed E-state index contributed by atoms with van der Waals surface area (Å²) in [7, 11) is 0. The molecule has 0 spiro atoms. The van der Waals surface area contributed by atoms with Gasteiger partial charge in [0.2, 0.25) is 0 Å². The summed E-state index contributed by atoms with van der Waals surface area (Å²) in [5.41, 5.74) is 4.14. The first kappa shape index (κ1) is 19.2. The molecular weight excluding hydrogens is 374 g/mol. The van der Waals surface area contributed by atoms with Crippen LogP contribution in [0.5, 0.6) is 0 Å². The van der Waals surface area contributed by atoms with Crippen molar-refractivity contribution in [1.29, 1.82) is 0 Å². The molecule has 3 N–H and O–H groups in total. The summed E-state index contributed by atoms with van der Waals surface area (Å²) in [4.78, 5) is 28.8. The molecule has 5 nitrogen and oxygen atoms in total. The van der Waals surface area contributed by atoms with Crippen molar-refractivity contribution in [3.05, 3.63) is 107 Å². The third kappa shape index (κ3) is 4.47. The largest absolute Gasteiger partial charge is 0.361 e. The van der Waals surface area contributed by atoms with Crippen LogP contribution in [0.1, 0.15) is 21.5 Å². The lowest BCUT2D eigenvalue weighted by atomic mass is 10.1. The SMILES string of the molecule is Cc1ccc(/C=C(/NC(=O)c2ccccc2)C(=O)Nc2ccc3cc[nH]c3c2)cc1. The van der Waals surface area contributed by atoms with E-state index in [-0.39, 0.29) is 11.6 Å². The van der Waals surface area contributed by atoms with Crippen molar-refractivity contribution in [2.75, 3.05) is 5.32 Å². The van der Waals surface area contributed by atoms with Crippen molar-refractivity contribution in [1.82, 2.24) is 10.3 Å². The van der Waals surface area contributed by atoms with Crippen LogP contribution in [-0.4, -0.2) is 16.8 Å². The van der Waals surface area contributed by atoms with Gasteiger partial charge in [0.15, 0.2) is 0 Å². The van der Waals surface area contributed by atoms with Gasteiger partial charge in [-0.25, -0.2) is 0 Å². The Hall–Kier alpha value is -4.12. The molecule has 0 bridgehead atoms. The van der Waals surface area contributed by atoms with Gasteiger partial charge >= 0.3 is 0 Å². The molecule has 0 atom stereocenters. The number of rotatable bonds is 5. The normalized spacial score (nSPS) is 11.3. The highest BCUT2D eigenvalue weighted by Crippen LogP contribution is 2.18. The van der Waals surface area contributed by atoms with E-state index in [1.807, 2.05) is 67.7 Å². The lowest BCUT2D eigenvalue weighted by Gasteiger charge is -2.12. The summed E-state index contributed by atoms with van der Waals surface area (Å²) >= 11 is 0. The van der Waals surface area contributed by atoms with E-state index < -0.39 is 5.91 Å². The fourth-order valence-electron chi connectivity index (χ4n) is 3.10. The molecule has 4 aromatic rings. The molecule has 0 aliphatic rings. The van der Waals surface area contributed by atoms with Crippen LogP contribution in [0.4, 0.5) is 5.69 Å². The van der Waals surface area contributed by atoms with Crippen molar-refractivity contribution in [2.24, 2.45) is 0 Å². The Kier molecular flexibility index (Phi) is 5.44. The van der Waals surface area contributed by atoms with Gasteiger partial charge in [-0.05, 0) is 54.3 Å². The zero-order chi connectivity index (χ0) is 20.9. The van der Waals surface area contributed by atoms with Gasteiger partial charge in [0.1, 0.15) is 5.70 Å². The fourth-order valence-corrected chi connectivity index (χ4v) is 3.10. The van der Waals surface area contributed by atoms with Crippen LogP contribution in [0.3, 0.4) is 0 Å². The molecule has 1 heterocycles. The number of fused-ring (bicyclic) bond motifs is 1. The Morgan fingerprint density at radius 1 is 0.900 bits per heavy atom. The minimum atomic E-state index is -0.397. The number of anilines is 1. The molecule has 0 saturated carbocycles. The molecular formula is C25H21N3O2. The maximum absolute atomic E-state index is 13.0. The second kappa shape index (κ2) is 8.49. The second-order valence-electron chi connectivity index (χ2n) is 7.02. The average molecular weight is 395 g/mol. The third-order valence-corrected chi connectivity index (χ3v) is 4.73. The Bertz CT molecular complexity index is 1220. The number of aromatic amines is 1. The van der Waals surface area contributed by atoms with Crippen molar-refractivity contribution < 1.29 is 9.59 Å². The van der Waals surface area contributed by atoms with Crippen molar-refractivity contribution in [3.8, 4) is 0 Å².